The van der Waals surface area contributed by atoms with Crippen molar-refractivity contribution < 1.29 is 8.83 Å². The van der Waals surface area contributed by atoms with Crippen LogP contribution in [0.3, 0.4) is 0 Å². The molecule has 0 aliphatic carbocycles. The Kier molecular flexibility index (Phi) is 7.05. The second-order valence-corrected chi connectivity index (χ2v) is 15.8. The monoisotopic (exact) mass is 790 g/mol. The Morgan fingerprint density at radius 2 is 0.871 bits per heavy atom. The molecule has 62 heavy (non-hydrogen) atoms. The quantitative estimate of drug-likeness (QED) is 0.178. The smallest absolute Gasteiger partial charge is 0.145 e. The molecule has 4 aromatic heterocycles. The minimum Gasteiger partial charge on any atom is -0.455 e. The molecule has 4 heterocycles. The van der Waals surface area contributed by atoms with Crippen LogP contribution >= 0.6 is 0 Å². The first kappa shape index (κ1) is 34.1. The Balaban J connectivity index is 1.15. The third-order valence-corrected chi connectivity index (χ3v) is 12.6. The van der Waals surface area contributed by atoms with Crippen LogP contribution in [0.15, 0.2) is 191 Å². The first-order valence-corrected chi connectivity index (χ1v) is 20.5. The van der Waals surface area contributed by atoms with Crippen molar-refractivity contribution in [1.29, 1.82) is 10.5 Å². The van der Waals surface area contributed by atoms with E-state index >= 15 is 0 Å². The minimum atomic E-state index is 0.531. The molecule has 286 valence electrons. The van der Waals surface area contributed by atoms with Crippen LogP contribution in [0.5, 0.6) is 0 Å². The molecule has 0 atom stereocenters. The molecule has 0 saturated heterocycles. The van der Waals surface area contributed by atoms with E-state index in [0.29, 0.717) is 11.1 Å². The van der Waals surface area contributed by atoms with Gasteiger partial charge in [0.15, 0.2) is 0 Å². The Morgan fingerprint density at radius 3 is 1.42 bits per heavy atom. The van der Waals surface area contributed by atoms with Gasteiger partial charge in [0.05, 0.1) is 50.0 Å². The van der Waals surface area contributed by atoms with E-state index in [1.807, 2.05) is 60.7 Å². The van der Waals surface area contributed by atoms with Crippen molar-refractivity contribution >= 4 is 87.5 Å². The molecule has 0 N–H and O–H groups in total. The van der Waals surface area contributed by atoms with E-state index in [4.69, 9.17) is 8.83 Å². The standard InChI is InChI=1S/C56H30N4O2/c57-31-33-11-9-12-34(27-33)38-17-10-18-39(46(38)32-58)35-28-36(59-47-19-5-1-15-44(47)53-49(59)25-23-42-40-13-3-7-21-51(40)61-55(42)53)30-37(29-35)60-48-20-6-2-16-45(48)54-50(60)26-24-43-41-14-4-8-22-52(41)62-56(43)54/h1-30H. The average Bonchev–Trinajstić information content (AvgIpc) is 4.08. The largest absolute Gasteiger partial charge is 0.455 e. The molecule has 0 saturated carbocycles. The van der Waals surface area contributed by atoms with Gasteiger partial charge in [-0.2, -0.15) is 10.5 Å². The van der Waals surface area contributed by atoms with E-state index in [0.717, 1.165) is 121 Å². The van der Waals surface area contributed by atoms with Gasteiger partial charge >= 0.3 is 0 Å². The lowest BCUT2D eigenvalue weighted by molar-refractivity contribution is 0.672. The highest BCUT2D eigenvalue weighted by molar-refractivity contribution is 6.25. The van der Waals surface area contributed by atoms with E-state index < -0.39 is 0 Å². The van der Waals surface area contributed by atoms with Gasteiger partial charge in [0, 0.05) is 54.8 Å². The maximum atomic E-state index is 11.0. The van der Waals surface area contributed by atoms with E-state index in [1.54, 1.807) is 6.07 Å². The molecule has 0 aliphatic heterocycles. The van der Waals surface area contributed by atoms with Gasteiger partial charge in [0.2, 0.25) is 0 Å². The van der Waals surface area contributed by atoms with Crippen molar-refractivity contribution in [2.24, 2.45) is 0 Å². The molecule has 0 fully saturated rings. The number of nitriles is 2. The highest BCUT2D eigenvalue weighted by Crippen LogP contribution is 2.44. The summed E-state index contributed by atoms with van der Waals surface area (Å²) in [7, 11) is 0. The SMILES string of the molecule is N#Cc1cccc(-c2cccc(-c3cc(-n4c5ccccc5c5c6oc7ccccc7c6ccc54)cc(-n4c5ccccc5c5c6oc7ccccc7c6ccc54)c3)c2C#N)c1. The van der Waals surface area contributed by atoms with Gasteiger partial charge in [0.1, 0.15) is 28.4 Å². The third-order valence-electron chi connectivity index (χ3n) is 12.6. The van der Waals surface area contributed by atoms with Crippen molar-refractivity contribution in [3.63, 3.8) is 0 Å². The predicted molar refractivity (Wildman–Crippen MR) is 250 cm³/mol. The highest BCUT2D eigenvalue weighted by Gasteiger charge is 2.23. The molecule has 13 aromatic rings. The van der Waals surface area contributed by atoms with Crippen LogP contribution < -0.4 is 0 Å². The number of nitrogens with zero attached hydrogens (tertiary/aromatic N) is 4. The van der Waals surface area contributed by atoms with Gasteiger partial charge in [-0.05, 0) is 90.0 Å². The molecule has 0 aliphatic rings. The number of hydrogen-bond acceptors (Lipinski definition) is 4. The molecular formula is C56H30N4O2. The van der Waals surface area contributed by atoms with Gasteiger partial charge in [-0.15, -0.1) is 0 Å². The van der Waals surface area contributed by atoms with Crippen molar-refractivity contribution in [1.82, 2.24) is 9.13 Å². The van der Waals surface area contributed by atoms with Crippen LogP contribution in [0.4, 0.5) is 0 Å². The number of para-hydroxylation sites is 4. The second-order valence-electron chi connectivity index (χ2n) is 15.8. The van der Waals surface area contributed by atoms with Crippen molar-refractivity contribution in [3.8, 4) is 45.8 Å². The van der Waals surface area contributed by atoms with Crippen LogP contribution in [0.25, 0.3) is 121 Å². The predicted octanol–water partition coefficient (Wildman–Crippen LogP) is 14.8. The summed E-state index contributed by atoms with van der Waals surface area (Å²) in [6.45, 7) is 0. The van der Waals surface area contributed by atoms with Gasteiger partial charge in [-0.3, -0.25) is 0 Å². The number of rotatable bonds is 4. The third kappa shape index (κ3) is 4.72. The molecule has 9 aromatic carbocycles. The van der Waals surface area contributed by atoms with Crippen molar-refractivity contribution in [3.05, 3.63) is 193 Å². The van der Waals surface area contributed by atoms with Crippen LogP contribution in [-0.2, 0) is 0 Å². The minimum absolute atomic E-state index is 0.531. The summed E-state index contributed by atoms with van der Waals surface area (Å²) < 4.78 is 18.0. The summed E-state index contributed by atoms with van der Waals surface area (Å²) in [4.78, 5) is 0. The summed E-state index contributed by atoms with van der Waals surface area (Å²) >= 11 is 0. The number of fused-ring (bicyclic) bond motifs is 14. The zero-order valence-electron chi connectivity index (χ0n) is 32.9. The molecule has 13 rings (SSSR count). The lowest BCUT2D eigenvalue weighted by Gasteiger charge is -2.17. The van der Waals surface area contributed by atoms with Crippen molar-refractivity contribution in [2.75, 3.05) is 0 Å². The van der Waals surface area contributed by atoms with Gasteiger partial charge < -0.3 is 18.0 Å². The fourth-order valence-electron chi connectivity index (χ4n) is 9.95. The van der Waals surface area contributed by atoms with E-state index in [9.17, 15) is 10.5 Å². The Bertz CT molecular complexity index is 3940. The zero-order valence-corrected chi connectivity index (χ0v) is 32.9. The fourth-order valence-corrected chi connectivity index (χ4v) is 9.95. The summed E-state index contributed by atoms with van der Waals surface area (Å²) in [5.74, 6) is 0. The normalized spacial score (nSPS) is 11.8. The number of hydrogen-bond donors (Lipinski definition) is 0. The van der Waals surface area contributed by atoms with E-state index in [2.05, 4.69) is 137 Å². The summed E-state index contributed by atoms with van der Waals surface area (Å²) in [6.07, 6.45) is 0. The molecule has 0 unspecified atom stereocenters. The van der Waals surface area contributed by atoms with Crippen LogP contribution in [-0.4, -0.2) is 9.13 Å². The summed E-state index contributed by atoms with van der Waals surface area (Å²) in [5.41, 5.74) is 13.7. The van der Waals surface area contributed by atoms with E-state index in [1.165, 1.54) is 0 Å². The van der Waals surface area contributed by atoms with Gasteiger partial charge in [-0.25, -0.2) is 0 Å². The maximum Gasteiger partial charge on any atom is 0.145 e. The average molecular weight is 791 g/mol. The zero-order chi connectivity index (χ0) is 41.1. The number of benzene rings is 9. The lowest BCUT2D eigenvalue weighted by atomic mass is 9.91. The van der Waals surface area contributed by atoms with Crippen LogP contribution in [0, 0.1) is 22.7 Å². The Hall–Kier alpha value is -8.84. The fraction of sp³-hybridized carbons (Fsp3) is 0. The Morgan fingerprint density at radius 1 is 0.371 bits per heavy atom. The van der Waals surface area contributed by atoms with Crippen molar-refractivity contribution in [2.45, 2.75) is 0 Å². The van der Waals surface area contributed by atoms with Crippen LogP contribution in [0.1, 0.15) is 11.1 Å². The molecular weight excluding hydrogens is 761 g/mol. The first-order chi connectivity index (χ1) is 30.7. The second kappa shape index (κ2) is 12.8. The van der Waals surface area contributed by atoms with E-state index in [-0.39, 0.29) is 0 Å². The highest BCUT2D eigenvalue weighted by atomic mass is 16.3. The molecule has 6 nitrogen and oxygen atoms in total. The lowest BCUT2D eigenvalue weighted by Crippen LogP contribution is -2.01. The van der Waals surface area contributed by atoms with Crippen LogP contribution in [0.2, 0.25) is 0 Å². The molecule has 6 heteroatoms. The Labute approximate surface area is 353 Å². The summed E-state index contributed by atoms with van der Waals surface area (Å²) in [5, 5.41) is 29.3. The van der Waals surface area contributed by atoms with Gasteiger partial charge in [-0.1, -0.05) is 103 Å². The number of furan rings is 2. The first-order valence-electron chi connectivity index (χ1n) is 20.5. The topological polar surface area (TPSA) is 83.7 Å². The molecule has 0 bridgehead atoms. The van der Waals surface area contributed by atoms with Gasteiger partial charge in [0.25, 0.3) is 0 Å². The number of aromatic nitrogens is 2. The molecule has 0 spiro atoms. The molecule has 0 amide bonds. The summed E-state index contributed by atoms with van der Waals surface area (Å²) in [6, 6.07) is 67.0. The maximum absolute atomic E-state index is 11.0. The molecule has 0 radical (unpaired) electrons.